The zero-order valence-electron chi connectivity index (χ0n) is 17.0. The monoisotopic (exact) mass is 414 g/mol. The fraction of sp³-hybridized carbons (Fsp3) is 0.208. The molecule has 5 rings (SSSR count). The summed E-state index contributed by atoms with van der Waals surface area (Å²) in [4.78, 5) is 25.6. The van der Waals surface area contributed by atoms with Crippen molar-refractivity contribution in [3.8, 4) is 22.6 Å². The molecule has 0 bridgehead atoms. The minimum atomic E-state index is 0.0863. The van der Waals surface area contributed by atoms with E-state index < -0.39 is 0 Å². The fourth-order valence-electron chi connectivity index (χ4n) is 3.89. The van der Waals surface area contributed by atoms with Gasteiger partial charge in [0.2, 0.25) is 5.91 Å². The molecule has 150 valence electrons. The van der Waals surface area contributed by atoms with Gasteiger partial charge in [-0.25, -0.2) is 9.97 Å². The lowest BCUT2D eigenvalue weighted by Gasteiger charge is -2.16. The summed E-state index contributed by atoms with van der Waals surface area (Å²) in [6.45, 7) is 5.60. The van der Waals surface area contributed by atoms with Gasteiger partial charge in [-0.2, -0.15) is 0 Å². The van der Waals surface area contributed by atoms with Gasteiger partial charge in [0.1, 0.15) is 12.4 Å². The second-order valence-corrected chi connectivity index (χ2v) is 8.95. The van der Waals surface area contributed by atoms with Crippen LogP contribution >= 0.6 is 11.3 Å². The summed E-state index contributed by atoms with van der Waals surface area (Å²) in [5, 5.41) is 1.07. The van der Waals surface area contributed by atoms with Crippen LogP contribution in [0, 0.1) is 13.8 Å². The van der Waals surface area contributed by atoms with E-state index in [9.17, 15) is 4.79 Å². The molecule has 0 radical (unpaired) electrons. The topological polar surface area (TPSA) is 51.0 Å². The Bertz CT molecular complexity index is 1200. The number of imidazole rings is 1. The van der Waals surface area contributed by atoms with Crippen LogP contribution in [-0.4, -0.2) is 25.3 Å². The van der Waals surface area contributed by atoms with E-state index in [2.05, 4.69) is 30.1 Å². The van der Waals surface area contributed by atoms with Crippen LogP contribution in [0.15, 0.2) is 60.8 Å². The van der Waals surface area contributed by atoms with Crippen molar-refractivity contribution in [2.75, 3.05) is 0 Å². The first-order chi connectivity index (χ1) is 14.6. The van der Waals surface area contributed by atoms with Crippen molar-refractivity contribution in [1.29, 1.82) is 0 Å². The minimum Gasteiger partial charge on any atom is -0.330 e. The molecule has 30 heavy (non-hydrogen) atoms. The second-order valence-electron chi connectivity index (χ2n) is 7.67. The van der Waals surface area contributed by atoms with Crippen LogP contribution in [0.4, 0.5) is 0 Å². The van der Waals surface area contributed by atoms with E-state index in [1.165, 1.54) is 10.4 Å². The molecule has 6 heteroatoms. The predicted molar refractivity (Wildman–Crippen MR) is 119 cm³/mol. The largest absolute Gasteiger partial charge is 0.330 e. The minimum absolute atomic E-state index is 0.0863. The lowest BCUT2D eigenvalue weighted by Crippen LogP contribution is -2.29. The molecule has 1 aliphatic rings. The van der Waals surface area contributed by atoms with Gasteiger partial charge in [0.05, 0.1) is 29.5 Å². The van der Waals surface area contributed by atoms with Crippen molar-refractivity contribution >= 4 is 17.2 Å². The maximum absolute atomic E-state index is 13.1. The molecule has 0 saturated carbocycles. The molecule has 4 aromatic rings. The van der Waals surface area contributed by atoms with E-state index in [1.54, 1.807) is 11.3 Å². The quantitative estimate of drug-likeness (QED) is 0.480. The fourth-order valence-corrected chi connectivity index (χ4v) is 4.85. The first-order valence-corrected chi connectivity index (χ1v) is 10.8. The van der Waals surface area contributed by atoms with Crippen molar-refractivity contribution < 1.29 is 4.79 Å². The van der Waals surface area contributed by atoms with E-state index in [0.29, 0.717) is 13.1 Å². The molecule has 2 aromatic carbocycles. The van der Waals surface area contributed by atoms with Crippen molar-refractivity contribution in [1.82, 2.24) is 19.4 Å². The average molecular weight is 415 g/mol. The van der Waals surface area contributed by atoms with Crippen LogP contribution in [0.5, 0.6) is 0 Å². The highest BCUT2D eigenvalue weighted by Crippen LogP contribution is 2.29. The zero-order chi connectivity index (χ0) is 20.7. The predicted octanol–water partition coefficient (Wildman–Crippen LogP) is 4.83. The summed E-state index contributed by atoms with van der Waals surface area (Å²) in [5.41, 5.74) is 5.16. The first-order valence-electron chi connectivity index (χ1n) is 9.99. The van der Waals surface area contributed by atoms with Crippen LogP contribution in [-0.2, 0) is 24.4 Å². The Morgan fingerprint density at radius 3 is 2.57 bits per heavy atom. The van der Waals surface area contributed by atoms with Gasteiger partial charge in [0.15, 0.2) is 0 Å². The number of nitrogens with zero attached hydrogens (tertiary/aromatic N) is 4. The summed E-state index contributed by atoms with van der Waals surface area (Å²) in [5.74, 6) is 0.895. The molecule has 0 spiro atoms. The molecule has 1 aliphatic heterocycles. The molecule has 0 unspecified atom stereocenters. The highest BCUT2D eigenvalue weighted by Gasteiger charge is 2.27. The van der Waals surface area contributed by atoms with Gasteiger partial charge in [-0.1, -0.05) is 54.1 Å². The van der Waals surface area contributed by atoms with Gasteiger partial charge in [0, 0.05) is 22.2 Å². The van der Waals surface area contributed by atoms with Crippen LogP contribution in [0.25, 0.3) is 22.6 Å². The number of benzene rings is 2. The third-order valence-electron chi connectivity index (χ3n) is 5.34. The molecule has 0 N–H and O–H groups in total. The summed E-state index contributed by atoms with van der Waals surface area (Å²) in [7, 11) is 0. The van der Waals surface area contributed by atoms with Crippen LogP contribution in [0.3, 0.4) is 0 Å². The number of hydrogen-bond acceptors (Lipinski definition) is 4. The molecule has 0 aliphatic carbocycles. The van der Waals surface area contributed by atoms with Crippen LogP contribution in [0.2, 0.25) is 0 Å². The maximum Gasteiger partial charge on any atom is 0.243 e. The van der Waals surface area contributed by atoms with E-state index in [4.69, 9.17) is 4.98 Å². The van der Waals surface area contributed by atoms with Gasteiger partial charge in [0.25, 0.3) is 0 Å². The normalized spacial score (nSPS) is 12.9. The lowest BCUT2D eigenvalue weighted by molar-refractivity contribution is -0.132. The molecule has 3 heterocycles. The number of fused-ring (bicyclic) bond motifs is 1. The smallest absolute Gasteiger partial charge is 0.243 e. The van der Waals surface area contributed by atoms with Gasteiger partial charge in [-0.3, -0.25) is 4.79 Å². The Morgan fingerprint density at radius 2 is 1.80 bits per heavy atom. The van der Waals surface area contributed by atoms with Gasteiger partial charge in [-0.05, 0) is 19.9 Å². The van der Waals surface area contributed by atoms with Crippen LogP contribution in [0.1, 0.15) is 21.1 Å². The standard InChI is InChI=1S/C24H22N4OS/c1-16-7-6-10-19(11-16)20-12-28(24(26-20)18-8-4-3-5-9-18)15-23(29)27-13-21-22(14-27)30-17(2)25-21/h3-12H,13-15H2,1-2H3. The van der Waals surface area contributed by atoms with E-state index in [1.807, 2.05) is 59.0 Å². The van der Waals surface area contributed by atoms with Gasteiger partial charge < -0.3 is 9.47 Å². The summed E-state index contributed by atoms with van der Waals surface area (Å²) in [6, 6.07) is 18.3. The van der Waals surface area contributed by atoms with E-state index >= 15 is 0 Å². The first kappa shape index (κ1) is 18.8. The van der Waals surface area contributed by atoms with Crippen LogP contribution < -0.4 is 0 Å². The Hall–Kier alpha value is -3.25. The molecule has 0 atom stereocenters. The SMILES string of the molecule is Cc1cccc(-c2cn(CC(=O)N3Cc4nc(C)sc4C3)c(-c3ccccc3)n2)c1. The third kappa shape index (κ3) is 3.55. The maximum atomic E-state index is 13.1. The Labute approximate surface area is 179 Å². The van der Waals surface area contributed by atoms with Gasteiger partial charge >= 0.3 is 0 Å². The molecular weight excluding hydrogens is 392 g/mol. The molecule has 1 amide bonds. The second kappa shape index (κ2) is 7.54. The number of thiazole rings is 1. The molecule has 0 fully saturated rings. The van der Waals surface area contributed by atoms with Crippen molar-refractivity contribution in [3.63, 3.8) is 0 Å². The molecule has 5 nitrogen and oxygen atoms in total. The van der Waals surface area contributed by atoms with Crippen molar-refractivity contribution in [3.05, 3.63) is 81.9 Å². The number of amides is 1. The Morgan fingerprint density at radius 1 is 1.00 bits per heavy atom. The number of aryl methyl sites for hydroxylation is 2. The van der Waals surface area contributed by atoms with E-state index in [-0.39, 0.29) is 12.5 Å². The number of rotatable bonds is 4. The summed E-state index contributed by atoms with van der Waals surface area (Å²) < 4.78 is 1.97. The lowest BCUT2D eigenvalue weighted by atomic mass is 10.1. The molecule has 2 aromatic heterocycles. The Balaban J connectivity index is 1.46. The number of hydrogen-bond donors (Lipinski definition) is 0. The van der Waals surface area contributed by atoms with Gasteiger partial charge in [-0.15, -0.1) is 11.3 Å². The number of carbonyl (C=O) groups excluding carboxylic acids is 1. The zero-order valence-corrected chi connectivity index (χ0v) is 17.8. The molecule has 0 saturated heterocycles. The highest BCUT2D eigenvalue weighted by molar-refractivity contribution is 7.11. The average Bonchev–Trinajstić information content (AvgIpc) is 3.41. The summed E-state index contributed by atoms with van der Waals surface area (Å²) >= 11 is 1.68. The third-order valence-corrected chi connectivity index (χ3v) is 6.34. The highest BCUT2D eigenvalue weighted by atomic mass is 32.1. The number of aromatic nitrogens is 3. The van der Waals surface area contributed by atoms with Crippen molar-refractivity contribution in [2.24, 2.45) is 0 Å². The summed E-state index contributed by atoms with van der Waals surface area (Å²) in [6.07, 6.45) is 1.99. The Kier molecular flexibility index (Phi) is 4.71. The number of carbonyl (C=O) groups is 1. The van der Waals surface area contributed by atoms with E-state index in [0.717, 1.165) is 33.3 Å². The van der Waals surface area contributed by atoms with Crippen molar-refractivity contribution in [2.45, 2.75) is 33.5 Å². The molecular formula is C24H22N4OS.